The second-order valence-corrected chi connectivity index (χ2v) is 10.9. The highest BCUT2D eigenvalue weighted by molar-refractivity contribution is 5.98. The molecule has 0 saturated carbocycles. The lowest BCUT2D eigenvalue weighted by Crippen LogP contribution is -2.54. The predicted octanol–water partition coefficient (Wildman–Crippen LogP) is 2.54. The van der Waals surface area contributed by atoms with Crippen LogP contribution in [0.2, 0.25) is 0 Å². The number of primary amides is 1. The monoisotopic (exact) mass is 592 g/mol. The first kappa shape index (κ1) is 36.2. The summed E-state index contributed by atoms with van der Waals surface area (Å²) < 4.78 is 10.8. The fraction of sp³-hybridized carbons (Fsp3) is 0.621. The first-order valence-electron chi connectivity index (χ1n) is 14.3. The van der Waals surface area contributed by atoms with Crippen molar-refractivity contribution in [2.24, 2.45) is 11.7 Å². The van der Waals surface area contributed by atoms with Gasteiger partial charge in [-0.3, -0.25) is 14.4 Å². The van der Waals surface area contributed by atoms with E-state index < -0.39 is 41.6 Å². The van der Waals surface area contributed by atoms with E-state index in [1.807, 2.05) is 20.8 Å². The Bertz CT molecular complexity index is 1030. The summed E-state index contributed by atoms with van der Waals surface area (Å²) in [5, 5.41) is 13.2. The van der Waals surface area contributed by atoms with Gasteiger partial charge in [-0.05, 0) is 63.1 Å². The quantitative estimate of drug-likeness (QED) is 0.141. The van der Waals surface area contributed by atoms with Gasteiger partial charge in [-0.2, -0.15) is 0 Å². The van der Waals surface area contributed by atoms with Crippen LogP contribution in [0.5, 0.6) is 0 Å². The van der Waals surface area contributed by atoms with Crippen LogP contribution in [-0.2, 0) is 30.5 Å². The number of hydrogen-bond donors (Lipinski definition) is 6. The molecule has 0 radical (unpaired) electrons. The van der Waals surface area contributed by atoms with Crippen LogP contribution in [0.4, 0.5) is 15.3 Å². The number of rotatable bonds is 18. The molecule has 1 aromatic rings. The number of carbonyl (C=O) groups excluding carboxylic acids is 5. The van der Waals surface area contributed by atoms with E-state index in [9.17, 15) is 24.0 Å². The Morgan fingerprint density at radius 3 is 2.24 bits per heavy atom. The zero-order valence-electron chi connectivity index (χ0n) is 25.6. The molecular formula is C29H48N6O7. The van der Waals surface area contributed by atoms with Gasteiger partial charge in [-0.15, -0.1) is 0 Å². The number of anilines is 1. The van der Waals surface area contributed by atoms with Crippen LogP contribution in [0.15, 0.2) is 24.3 Å². The second-order valence-electron chi connectivity index (χ2n) is 10.9. The number of amides is 6. The Hall–Kier alpha value is -3.87. The molecule has 7 N–H and O–H groups in total. The highest BCUT2D eigenvalue weighted by Crippen LogP contribution is 2.17. The molecule has 13 nitrogen and oxygen atoms in total. The molecule has 1 rings (SSSR count). The Morgan fingerprint density at radius 1 is 1.00 bits per heavy atom. The number of carbonyl (C=O) groups is 5. The molecular weight excluding hydrogens is 544 g/mol. The topological polar surface area (TPSA) is 190 Å². The summed E-state index contributed by atoms with van der Waals surface area (Å²) in [6, 6.07) is 4.18. The summed E-state index contributed by atoms with van der Waals surface area (Å²) in [4.78, 5) is 61.6. The molecule has 0 saturated heterocycles. The van der Waals surface area contributed by atoms with E-state index in [-0.39, 0.29) is 37.8 Å². The van der Waals surface area contributed by atoms with Crippen molar-refractivity contribution in [3.63, 3.8) is 0 Å². The number of hydrogen-bond acceptors (Lipinski definition) is 7. The van der Waals surface area contributed by atoms with Crippen LogP contribution < -0.4 is 32.3 Å². The average Bonchev–Trinajstić information content (AvgIpc) is 2.94. The van der Waals surface area contributed by atoms with Crippen LogP contribution >= 0.6 is 0 Å². The predicted molar refractivity (Wildman–Crippen MR) is 159 cm³/mol. The van der Waals surface area contributed by atoms with E-state index in [4.69, 9.17) is 15.2 Å². The summed E-state index contributed by atoms with van der Waals surface area (Å²) in [7, 11) is 1.46. The third-order valence-corrected chi connectivity index (χ3v) is 6.31. The lowest BCUT2D eigenvalue weighted by atomic mass is 9.99. The zero-order chi connectivity index (χ0) is 31.7. The second kappa shape index (κ2) is 18.5. The van der Waals surface area contributed by atoms with Gasteiger partial charge in [0.05, 0.1) is 5.60 Å². The van der Waals surface area contributed by atoms with Crippen molar-refractivity contribution in [2.75, 3.05) is 25.5 Å². The maximum atomic E-state index is 13.3. The fourth-order valence-corrected chi connectivity index (χ4v) is 3.83. The molecule has 0 fully saturated rings. The highest BCUT2D eigenvalue weighted by Gasteiger charge is 2.29. The van der Waals surface area contributed by atoms with Crippen molar-refractivity contribution in [3.05, 3.63) is 29.8 Å². The third kappa shape index (κ3) is 14.7. The molecule has 6 amide bonds. The Labute approximate surface area is 248 Å². The lowest BCUT2D eigenvalue weighted by Gasteiger charge is -2.27. The lowest BCUT2D eigenvalue weighted by molar-refractivity contribution is -0.132. The van der Waals surface area contributed by atoms with Gasteiger partial charge in [-0.25, -0.2) is 9.59 Å². The molecule has 1 aromatic carbocycles. The number of alkyl carbamates (subject to hydrolysis) is 1. The van der Waals surface area contributed by atoms with Crippen molar-refractivity contribution < 1.29 is 33.4 Å². The van der Waals surface area contributed by atoms with Crippen LogP contribution in [0.1, 0.15) is 72.3 Å². The minimum absolute atomic E-state index is 0.0605. The van der Waals surface area contributed by atoms with Crippen LogP contribution in [0, 0.1) is 5.92 Å². The van der Waals surface area contributed by atoms with E-state index in [0.29, 0.717) is 25.1 Å². The van der Waals surface area contributed by atoms with Crippen molar-refractivity contribution >= 4 is 35.5 Å². The molecule has 0 aliphatic rings. The van der Waals surface area contributed by atoms with Crippen LogP contribution in [0.3, 0.4) is 0 Å². The molecule has 2 atom stereocenters. The van der Waals surface area contributed by atoms with Crippen molar-refractivity contribution in [2.45, 2.75) is 91.0 Å². The van der Waals surface area contributed by atoms with Gasteiger partial charge in [0.1, 0.15) is 18.7 Å². The largest absolute Gasteiger partial charge is 0.445 e. The summed E-state index contributed by atoms with van der Waals surface area (Å²) in [5.74, 6) is -1.50. The number of nitrogens with two attached hydrogens (primary N) is 1. The summed E-state index contributed by atoms with van der Waals surface area (Å²) in [5.41, 5.74) is 5.84. The van der Waals surface area contributed by atoms with Crippen LogP contribution in [-0.4, -0.2) is 67.7 Å². The Balaban J connectivity index is 2.89. The molecule has 0 spiro atoms. The number of benzene rings is 1. The van der Waals surface area contributed by atoms with Crippen molar-refractivity contribution in [1.82, 2.24) is 21.3 Å². The van der Waals surface area contributed by atoms with Crippen LogP contribution in [0.25, 0.3) is 0 Å². The highest BCUT2D eigenvalue weighted by atomic mass is 16.5. The van der Waals surface area contributed by atoms with Gasteiger partial charge in [0.25, 0.3) is 0 Å². The SMILES string of the molecule is CCCOC(C)(C)CCC(=O)NC(C(=O)N[C@@H](CCCNC(N)=O)C(=O)Nc1ccc(COC(=O)NC)cc1)C(C)C. The maximum Gasteiger partial charge on any atom is 0.407 e. The normalized spacial score (nSPS) is 12.5. The number of urea groups is 1. The maximum absolute atomic E-state index is 13.3. The van der Waals surface area contributed by atoms with E-state index >= 15 is 0 Å². The minimum Gasteiger partial charge on any atom is -0.445 e. The van der Waals surface area contributed by atoms with E-state index in [1.54, 1.807) is 38.1 Å². The number of ether oxygens (including phenoxy) is 2. The van der Waals surface area contributed by atoms with E-state index in [0.717, 1.165) is 12.0 Å². The summed E-state index contributed by atoms with van der Waals surface area (Å²) in [6.45, 7) is 10.3. The van der Waals surface area contributed by atoms with Gasteiger partial charge < -0.3 is 41.8 Å². The standard InChI is InChI=1S/C29H48N6O7/c1-7-17-42-29(4,5)15-14-23(36)35-24(19(2)3)26(38)34-22(9-8-16-32-27(30)39)25(37)33-21-12-10-20(11-13-21)18-41-28(40)31-6/h10-13,19,22,24H,7-9,14-18H2,1-6H3,(H,31,40)(H,33,37)(H,34,38)(H,35,36)(H3,30,32,39)/t22-,24?/m0/s1. The molecule has 13 heteroatoms. The number of nitrogens with one attached hydrogen (secondary N) is 5. The van der Waals surface area contributed by atoms with E-state index in [2.05, 4.69) is 26.6 Å². The molecule has 1 unspecified atom stereocenters. The van der Waals surface area contributed by atoms with Crippen molar-refractivity contribution in [3.8, 4) is 0 Å². The van der Waals surface area contributed by atoms with Gasteiger partial charge in [-0.1, -0.05) is 32.9 Å². The Kier molecular flexibility index (Phi) is 16.0. The third-order valence-electron chi connectivity index (χ3n) is 6.31. The Morgan fingerprint density at radius 2 is 1.67 bits per heavy atom. The van der Waals surface area contributed by atoms with Gasteiger partial charge in [0, 0.05) is 32.3 Å². The van der Waals surface area contributed by atoms with Gasteiger partial charge in [0.15, 0.2) is 0 Å². The zero-order valence-corrected chi connectivity index (χ0v) is 25.6. The molecule has 0 aromatic heterocycles. The molecule has 0 aliphatic heterocycles. The van der Waals surface area contributed by atoms with Crippen molar-refractivity contribution in [1.29, 1.82) is 0 Å². The smallest absolute Gasteiger partial charge is 0.407 e. The van der Waals surface area contributed by atoms with E-state index in [1.165, 1.54) is 7.05 Å². The first-order chi connectivity index (χ1) is 19.8. The molecule has 236 valence electrons. The fourth-order valence-electron chi connectivity index (χ4n) is 3.83. The average molecular weight is 593 g/mol. The minimum atomic E-state index is -0.956. The molecule has 42 heavy (non-hydrogen) atoms. The summed E-state index contributed by atoms with van der Waals surface area (Å²) in [6.07, 6.45) is 1.55. The molecule has 0 bridgehead atoms. The first-order valence-corrected chi connectivity index (χ1v) is 14.3. The molecule has 0 heterocycles. The molecule has 0 aliphatic carbocycles. The van der Waals surface area contributed by atoms with Gasteiger partial charge >= 0.3 is 12.1 Å². The van der Waals surface area contributed by atoms with Gasteiger partial charge in [0.2, 0.25) is 17.7 Å². The summed E-state index contributed by atoms with van der Waals surface area (Å²) >= 11 is 0.